The molecule has 3 saturated heterocycles. The smallest absolute Gasteiger partial charge is 0.302 e. The van der Waals surface area contributed by atoms with E-state index in [1.807, 2.05) is 6.92 Å². The Morgan fingerprint density at radius 2 is 1.87 bits per heavy atom. The van der Waals surface area contributed by atoms with Crippen LogP contribution in [0.5, 0.6) is 0 Å². The first-order chi connectivity index (χ1) is 10.6. The van der Waals surface area contributed by atoms with Crippen molar-refractivity contribution in [1.82, 2.24) is 0 Å². The fourth-order valence-corrected chi connectivity index (χ4v) is 6.09. The Balaban J connectivity index is 1.88. The summed E-state index contributed by atoms with van der Waals surface area (Å²) in [6, 6.07) is 0. The monoisotopic (exact) mass is 348 g/mol. The van der Waals surface area contributed by atoms with E-state index in [0.717, 1.165) is 0 Å². The first-order valence-electron chi connectivity index (χ1n) is 7.52. The highest BCUT2D eigenvalue weighted by Crippen LogP contribution is 2.63. The first kappa shape index (κ1) is 16.7. The van der Waals surface area contributed by atoms with Gasteiger partial charge in [0.05, 0.1) is 6.61 Å². The summed E-state index contributed by atoms with van der Waals surface area (Å²) in [6.07, 6.45) is -0.217. The number of carbonyl (C=O) groups excluding carboxylic acids is 2. The number of carbonyl (C=O) groups is 2. The fourth-order valence-electron chi connectivity index (χ4n) is 4.07. The van der Waals surface area contributed by atoms with Crippen molar-refractivity contribution in [3.63, 3.8) is 0 Å². The van der Waals surface area contributed by atoms with Gasteiger partial charge in [0.25, 0.3) is 10.1 Å². The predicted molar refractivity (Wildman–Crippen MR) is 75.8 cm³/mol. The molecule has 3 aliphatic rings. The zero-order chi connectivity index (χ0) is 17.0. The predicted octanol–water partition coefficient (Wildman–Crippen LogP) is 0.148. The molecule has 0 aliphatic carbocycles. The molecule has 9 heteroatoms. The van der Waals surface area contributed by atoms with E-state index in [0.29, 0.717) is 0 Å². The molecule has 130 valence electrons. The summed E-state index contributed by atoms with van der Waals surface area (Å²) in [5.74, 6) is -1.14. The Bertz CT molecular complexity index is 643. The van der Waals surface area contributed by atoms with Crippen LogP contribution in [0.3, 0.4) is 0 Å². The number of fused-ring (bicyclic) bond motifs is 1. The van der Waals surface area contributed by atoms with E-state index in [2.05, 4.69) is 0 Å². The van der Waals surface area contributed by atoms with Gasteiger partial charge in [-0.2, -0.15) is 8.42 Å². The molecule has 0 amide bonds. The average molecular weight is 348 g/mol. The zero-order valence-corrected chi connectivity index (χ0v) is 14.1. The highest BCUT2D eigenvalue weighted by atomic mass is 32.2. The molecule has 3 aliphatic heterocycles. The van der Waals surface area contributed by atoms with Crippen molar-refractivity contribution >= 4 is 22.1 Å². The van der Waals surface area contributed by atoms with Crippen LogP contribution in [0.2, 0.25) is 0 Å². The third kappa shape index (κ3) is 2.36. The zero-order valence-electron chi connectivity index (χ0n) is 13.2. The third-order valence-electron chi connectivity index (χ3n) is 5.14. The van der Waals surface area contributed by atoms with Gasteiger partial charge in [-0.25, -0.2) is 0 Å². The molecular formula is C14H20O8S. The van der Waals surface area contributed by atoms with E-state index in [4.69, 9.17) is 18.4 Å². The molecule has 0 aromatic rings. The summed E-state index contributed by atoms with van der Waals surface area (Å²) in [5.41, 5.74) is -1.92. The summed E-state index contributed by atoms with van der Waals surface area (Å²) in [4.78, 5) is 22.1. The van der Waals surface area contributed by atoms with E-state index in [-0.39, 0.29) is 32.0 Å². The summed E-state index contributed by atoms with van der Waals surface area (Å²) in [7, 11) is -3.76. The maximum Gasteiger partial charge on any atom is 0.302 e. The van der Waals surface area contributed by atoms with Gasteiger partial charge < -0.3 is 14.2 Å². The van der Waals surface area contributed by atoms with E-state index in [1.54, 1.807) is 0 Å². The molecule has 3 rings (SSSR count). The quantitative estimate of drug-likeness (QED) is 0.511. The van der Waals surface area contributed by atoms with Gasteiger partial charge in [-0.1, -0.05) is 6.92 Å². The topological polar surface area (TPSA) is 105 Å². The lowest BCUT2D eigenvalue weighted by Crippen LogP contribution is -2.49. The molecule has 5 unspecified atom stereocenters. The summed E-state index contributed by atoms with van der Waals surface area (Å²) < 4.78 is 46.1. The van der Waals surface area contributed by atoms with Gasteiger partial charge in [0.1, 0.15) is 29.2 Å². The number of esters is 2. The maximum absolute atomic E-state index is 12.3. The van der Waals surface area contributed by atoms with Gasteiger partial charge in [0.15, 0.2) is 0 Å². The highest BCUT2D eigenvalue weighted by Gasteiger charge is 2.78. The minimum absolute atomic E-state index is 0.00923. The van der Waals surface area contributed by atoms with Crippen molar-refractivity contribution in [3.8, 4) is 0 Å². The van der Waals surface area contributed by atoms with Crippen molar-refractivity contribution in [3.05, 3.63) is 0 Å². The Hall–Kier alpha value is -1.19. The molecule has 23 heavy (non-hydrogen) atoms. The van der Waals surface area contributed by atoms with Gasteiger partial charge in [0, 0.05) is 32.6 Å². The molecule has 0 N–H and O–H groups in total. The summed E-state index contributed by atoms with van der Waals surface area (Å²) >= 11 is 0. The normalized spacial score (nSPS) is 42.7. The summed E-state index contributed by atoms with van der Waals surface area (Å²) in [6.45, 7) is 4.46. The molecule has 0 spiro atoms. The molecule has 0 radical (unpaired) electrons. The van der Waals surface area contributed by atoms with Crippen LogP contribution in [-0.2, 0) is 38.1 Å². The van der Waals surface area contributed by atoms with E-state index >= 15 is 0 Å². The molecule has 0 saturated carbocycles. The Kier molecular flexibility index (Phi) is 3.73. The van der Waals surface area contributed by atoms with E-state index in [9.17, 15) is 18.0 Å². The molecule has 0 aromatic heterocycles. The lowest BCUT2D eigenvalue weighted by molar-refractivity contribution is -0.155. The van der Waals surface area contributed by atoms with Crippen LogP contribution >= 0.6 is 0 Å². The van der Waals surface area contributed by atoms with Gasteiger partial charge in [0.2, 0.25) is 0 Å². The van der Waals surface area contributed by atoms with Gasteiger partial charge >= 0.3 is 11.9 Å². The number of hydrogen-bond donors (Lipinski definition) is 0. The SMILES string of the molecule is CC(=O)OCCC12OC3(COC(C)=O)CC1S(=O)(=O)OC2C3C. The highest BCUT2D eigenvalue weighted by molar-refractivity contribution is 7.87. The molecular weight excluding hydrogens is 328 g/mol. The Morgan fingerprint density at radius 3 is 2.48 bits per heavy atom. The fraction of sp³-hybridized carbons (Fsp3) is 0.857. The van der Waals surface area contributed by atoms with Crippen molar-refractivity contribution in [2.75, 3.05) is 13.2 Å². The van der Waals surface area contributed by atoms with Gasteiger partial charge in [-0.3, -0.25) is 13.8 Å². The lowest BCUT2D eigenvalue weighted by atomic mass is 9.72. The van der Waals surface area contributed by atoms with Crippen LogP contribution in [0, 0.1) is 5.92 Å². The Labute approximate surface area is 134 Å². The van der Waals surface area contributed by atoms with Crippen LogP contribution in [0.15, 0.2) is 0 Å². The van der Waals surface area contributed by atoms with Gasteiger partial charge in [-0.05, 0) is 0 Å². The molecule has 0 aromatic carbocycles. The van der Waals surface area contributed by atoms with Crippen LogP contribution in [-0.4, -0.2) is 56.1 Å². The first-order valence-corrected chi connectivity index (χ1v) is 8.99. The maximum atomic E-state index is 12.3. The molecule has 2 bridgehead atoms. The van der Waals surface area contributed by atoms with Crippen LogP contribution in [0.25, 0.3) is 0 Å². The van der Waals surface area contributed by atoms with Crippen LogP contribution in [0.4, 0.5) is 0 Å². The van der Waals surface area contributed by atoms with E-state index < -0.39 is 44.6 Å². The molecule has 3 fully saturated rings. The Morgan fingerprint density at radius 1 is 1.22 bits per heavy atom. The summed E-state index contributed by atoms with van der Waals surface area (Å²) in [5, 5.41) is -0.831. The number of ether oxygens (including phenoxy) is 3. The minimum atomic E-state index is -3.76. The van der Waals surface area contributed by atoms with Crippen LogP contribution in [0.1, 0.15) is 33.6 Å². The average Bonchev–Trinajstić information content (AvgIpc) is 2.93. The standard InChI is InChI=1S/C14H20O8S/c1-8-12-14(4-5-19-9(2)15)11(23(17,18)21-12)6-13(8,22-14)7-20-10(3)16/h8,11-12H,4-7H2,1-3H3. The molecule has 5 atom stereocenters. The molecule has 8 nitrogen and oxygen atoms in total. The van der Waals surface area contributed by atoms with E-state index in [1.165, 1.54) is 13.8 Å². The number of hydrogen-bond acceptors (Lipinski definition) is 8. The second kappa shape index (κ2) is 5.15. The molecule has 3 heterocycles. The van der Waals surface area contributed by atoms with Crippen molar-refractivity contribution in [1.29, 1.82) is 0 Å². The van der Waals surface area contributed by atoms with Crippen LogP contribution < -0.4 is 0 Å². The van der Waals surface area contributed by atoms with Crippen molar-refractivity contribution in [2.24, 2.45) is 5.92 Å². The lowest BCUT2D eigenvalue weighted by Gasteiger charge is -2.31. The van der Waals surface area contributed by atoms with Crippen molar-refractivity contribution < 1.29 is 36.4 Å². The largest absolute Gasteiger partial charge is 0.466 e. The van der Waals surface area contributed by atoms with Crippen molar-refractivity contribution in [2.45, 2.75) is 56.2 Å². The second-order valence-electron chi connectivity index (χ2n) is 6.48. The third-order valence-corrected chi connectivity index (χ3v) is 6.88. The second-order valence-corrected chi connectivity index (χ2v) is 8.23. The van der Waals surface area contributed by atoms with Gasteiger partial charge in [-0.15, -0.1) is 0 Å². The number of rotatable bonds is 5. The minimum Gasteiger partial charge on any atom is -0.466 e.